The Bertz CT molecular complexity index is 958. The molecule has 1 saturated carbocycles. The van der Waals surface area contributed by atoms with Crippen molar-refractivity contribution in [3.05, 3.63) is 42.6 Å². The van der Waals surface area contributed by atoms with E-state index in [0.29, 0.717) is 11.7 Å². The van der Waals surface area contributed by atoms with Gasteiger partial charge in [-0.15, -0.1) is 0 Å². The van der Waals surface area contributed by atoms with Crippen molar-refractivity contribution < 1.29 is 9.90 Å². The van der Waals surface area contributed by atoms with Crippen LogP contribution in [0.5, 0.6) is 0 Å². The molecule has 1 fully saturated rings. The van der Waals surface area contributed by atoms with Crippen LogP contribution < -0.4 is 0 Å². The number of aliphatic hydroxyl groups is 1. The number of Topliss-reactive ketones (excluding diaryl/α,β-unsaturated/α-hetero) is 1. The van der Waals surface area contributed by atoms with E-state index in [1.807, 2.05) is 37.6 Å². The minimum atomic E-state index is 0.0776. The van der Waals surface area contributed by atoms with Gasteiger partial charge in [0.25, 0.3) is 0 Å². The smallest absolute Gasteiger partial charge is 0.143 e. The summed E-state index contributed by atoms with van der Waals surface area (Å²) >= 11 is 0. The fourth-order valence-corrected chi connectivity index (χ4v) is 3.86. The van der Waals surface area contributed by atoms with Gasteiger partial charge in [-0.3, -0.25) is 9.48 Å². The molecular weight excluding hydrogens is 340 g/mol. The molecule has 0 radical (unpaired) electrons. The highest BCUT2D eigenvalue weighted by Gasteiger charge is 2.26. The molecule has 0 amide bonds. The van der Waals surface area contributed by atoms with Crippen LogP contribution in [0, 0.1) is 11.8 Å². The third-order valence-corrected chi connectivity index (χ3v) is 5.56. The first-order chi connectivity index (χ1) is 13.1. The molecule has 2 aromatic heterocycles. The van der Waals surface area contributed by atoms with Crippen molar-refractivity contribution in [3.63, 3.8) is 0 Å². The Labute approximate surface area is 158 Å². The maximum atomic E-state index is 12.6. The molecule has 0 bridgehead atoms. The number of benzene rings is 1. The van der Waals surface area contributed by atoms with E-state index in [2.05, 4.69) is 15.1 Å². The van der Waals surface area contributed by atoms with Gasteiger partial charge in [-0.2, -0.15) is 5.10 Å². The summed E-state index contributed by atoms with van der Waals surface area (Å²) in [5.41, 5.74) is 2.93. The summed E-state index contributed by atoms with van der Waals surface area (Å²) in [7, 11) is 1.89. The third kappa shape index (κ3) is 3.90. The van der Waals surface area contributed by atoms with E-state index in [9.17, 15) is 9.90 Å². The summed E-state index contributed by atoms with van der Waals surface area (Å²) in [6.07, 6.45) is 9.46. The van der Waals surface area contributed by atoms with Crippen molar-refractivity contribution in [3.8, 4) is 11.1 Å². The lowest BCUT2D eigenvalue weighted by Gasteiger charge is -2.26. The minimum Gasteiger partial charge on any atom is -0.396 e. The summed E-state index contributed by atoms with van der Waals surface area (Å²) in [5.74, 6) is 1.24. The van der Waals surface area contributed by atoms with Crippen molar-refractivity contribution in [2.24, 2.45) is 18.9 Å². The molecule has 0 aliphatic heterocycles. The predicted octanol–water partition coefficient (Wildman–Crippen LogP) is 2.94. The van der Waals surface area contributed by atoms with Crippen LogP contribution in [0.3, 0.4) is 0 Å². The lowest BCUT2D eigenvalue weighted by Crippen LogP contribution is -2.25. The number of aromatic nitrogens is 4. The lowest BCUT2D eigenvalue weighted by atomic mass is 9.80. The number of hydrogen-bond acceptors (Lipinski definition) is 5. The van der Waals surface area contributed by atoms with Crippen molar-refractivity contribution in [1.29, 1.82) is 0 Å². The molecule has 6 nitrogen and oxygen atoms in total. The van der Waals surface area contributed by atoms with E-state index in [-0.39, 0.29) is 24.7 Å². The zero-order valence-electron chi connectivity index (χ0n) is 15.5. The number of carbonyl (C=O) groups is 1. The van der Waals surface area contributed by atoms with Crippen LogP contribution in [-0.2, 0) is 18.3 Å². The van der Waals surface area contributed by atoms with Gasteiger partial charge in [0.1, 0.15) is 11.6 Å². The van der Waals surface area contributed by atoms with Crippen LogP contribution in [-0.4, -0.2) is 37.2 Å². The molecule has 1 aliphatic carbocycles. The number of rotatable bonds is 5. The fourth-order valence-electron chi connectivity index (χ4n) is 3.86. The minimum absolute atomic E-state index is 0.0776. The molecule has 0 atom stereocenters. The summed E-state index contributed by atoms with van der Waals surface area (Å²) in [5, 5.41) is 14.4. The highest BCUT2D eigenvalue weighted by atomic mass is 16.3. The Morgan fingerprint density at radius 1 is 1.19 bits per heavy atom. The van der Waals surface area contributed by atoms with Crippen molar-refractivity contribution in [2.45, 2.75) is 32.1 Å². The van der Waals surface area contributed by atoms with Gasteiger partial charge in [-0.1, -0.05) is 12.1 Å². The lowest BCUT2D eigenvalue weighted by molar-refractivity contribution is -0.123. The number of nitrogens with zero attached hydrogens (tertiary/aromatic N) is 4. The number of aryl methyl sites for hydroxylation is 1. The van der Waals surface area contributed by atoms with E-state index in [4.69, 9.17) is 0 Å². The van der Waals surface area contributed by atoms with Crippen LogP contribution in [0.25, 0.3) is 22.0 Å². The number of fused-ring (bicyclic) bond motifs is 1. The summed E-state index contributed by atoms with van der Waals surface area (Å²) in [4.78, 5) is 21.7. The Morgan fingerprint density at radius 2 is 2.00 bits per heavy atom. The van der Waals surface area contributed by atoms with Gasteiger partial charge >= 0.3 is 0 Å². The van der Waals surface area contributed by atoms with Crippen LogP contribution in [0.4, 0.5) is 0 Å². The van der Waals surface area contributed by atoms with Gasteiger partial charge < -0.3 is 5.11 Å². The van der Waals surface area contributed by atoms with Gasteiger partial charge in [0.15, 0.2) is 0 Å². The molecule has 27 heavy (non-hydrogen) atoms. The average Bonchev–Trinajstić information content (AvgIpc) is 3.14. The molecule has 3 aromatic rings. The largest absolute Gasteiger partial charge is 0.396 e. The van der Waals surface area contributed by atoms with Crippen molar-refractivity contribution >= 4 is 16.7 Å². The Balaban J connectivity index is 1.51. The molecule has 6 heteroatoms. The molecular formula is C21H24N4O2. The van der Waals surface area contributed by atoms with E-state index < -0.39 is 0 Å². The van der Waals surface area contributed by atoms with E-state index >= 15 is 0 Å². The Morgan fingerprint density at radius 3 is 2.70 bits per heavy atom. The van der Waals surface area contributed by atoms with Crippen LogP contribution in [0.15, 0.2) is 36.8 Å². The Hall–Kier alpha value is -2.60. The van der Waals surface area contributed by atoms with Crippen molar-refractivity contribution in [1.82, 2.24) is 19.7 Å². The first-order valence-electron chi connectivity index (χ1n) is 9.50. The SMILES string of the molecule is Cn1cc(-c2ccc3cnc(CC(=O)C4CCC(CO)CC4)nc3c2)cn1. The topological polar surface area (TPSA) is 80.9 Å². The predicted molar refractivity (Wildman–Crippen MR) is 103 cm³/mol. The first-order valence-corrected chi connectivity index (χ1v) is 9.50. The summed E-state index contributed by atoms with van der Waals surface area (Å²) < 4.78 is 1.77. The molecule has 140 valence electrons. The maximum absolute atomic E-state index is 12.6. The number of hydrogen-bond donors (Lipinski definition) is 1. The molecule has 2 heterocycles. The summed E-state index contributed by atoms with van der Waals surface area (Å²) in [6.45, 7) is 0.230. The molecule has 0 saturated heterocycles. The van der Waals surface area contributed by atoms with Gasteiger partial charge in [-0.25, -0.2) is 9.97 Å². The third-order valence-electron chi connectivity index (χ3n) is 5.56. The molecule has 0 unspecified atom stereocenters. The zero-order chi connectivity index (χ0) is 18.8. The monoisotopic (exact) mass is 364 g/mol. The van der Waals surface area contributed by atoms with E-state index in [1.165, 1.54) is 0 Å². The van der Waals surface area contributed by atoms with E-state index in [1.54, 1.807) is 10.9 Å². The molecule has 4 rings (SSSR count). The van der Waals surface area contributed by atoms with Crippen LogP contribution in [0.2, 0.25) is 0 Å². The summed E-state index contributed by atoms with van der Waals surface area (Å²) in [6, 6.07) is 6.06. The van der Waals surface area contributed by atoms with Gasteiger partial charge in [0.05, 0.1) is 18.1 Å². The highest BCUT2D eigenvalue weighted by Crippen LogP contribution is 2.29. The van der Waals surface area contributed by atoms with E-state index in [0.717, 1.165) is 47.7 Å². The van der Waals surface area contributed by atoms with Gasteiger partial charge in [0, 0.05) is 42.9 Å². The highest BCUT2D eigenvalue weighted by molar-refractivity contribution is 5.85. The maximum Gasteiger partial charge on any atom is 0.143 e. The van der Waals surface area contributed by atoms with Gasteiger partial charge in [-0.05, 0) is 43.2 Å². The second kappa shape index (κ2) is 7.56. The fraction of sp³-hybridized carbons (Fsp3) is 0.429. The number of aliphatic hydroxyl groups excluding tert-OH is 1. The molecule has 1 N–H and O–H groups in total. The van der Waals surface area contributed by atoms with Crippen molar-refractivity contribution in [2.75, 3.05) is 6.61 Å². The zero-order valence-corrected chi connectivity index (χ0v) is 15.5. The second-order valence-corrected chi connectivity index (χ2v) is 7.51. The number of ketones is 1. The number of carbonyl (C=O) groups excluding carboxylic acids is 1. The molecule has 0 spiro atoms. The second-order valence-electron chi connectivity index (χ2n) is 7.51. The standard InChI is InChI=1S/C21H24N4O2/c1-25-12-18(11-23-25)16-6-7-17-10-22-21(24-19(17)8-16)9-20(27)15-4-2-14(13-26)3-5-15/h6-8,10-12,14-15,26H,2-5,9,13H2,1H3. The first kappa shape index (κ1) is 17.8. The molecule has 1 aromatic carbocycles. The molecule has 1 aliphatic rings. The average molecular weight is 364 g/mol. The quantitative estimate of drug-likeness (QED) is 0.753. The van der Waals surface area contributed by atoms with Crippen LogP contribution in [0.1, 0.15) is 31.5 Å². The van der Waals surface area contributed by atoms with Crippen LogP contribution >= 0.6 is 0 Å². The normalized spacial score (nSPS) is 20.1. The van der Waals surface area contributed by atoms with Gasteiger partial charge in [0.2, 0.25) is 0 Å². The Kier molecular flexibility index (Phi) is 4.99.